The number of fused-ring (bicyclic) bond motifs is 1. The van der Waals surface area contributed by atoms with Crippen molar-refractivity contribution < 1.29 is 19.2 Å². The van der Waals surface area contributed by atoms with E-state index in [2.05, 4.69) is 22.2 Å². The second-order valence-electron chi connectivity index (χ2n) is 11.7. The summed E-state index contributed by atoms with van der Waals surface area (Å²) in [5, 5.41) is 17.5. The van der Waals surface area contributed by atoms with Crippen molar-refractivity contribution in [1.82, 2.24) is 5.16 Å². The van der Waals surface area contributed by atoms with Gasteiger partial charge in [-0.2, -0.15) is 0 Å². The maximum Gasteiger partial charge on any atom is 0.337 e. The first kappa shape index (κ1) is 26.3. The molecule has 3 fully saturated rings. The van der Waals surface area contributed by atoms with E-state index >= 15 is 0 Å². The Morgan fingerprint density at radius 3 is 2.60 bits per heavy atom. The molecule has 3 aliphatic rings. The zero-order valence-corrected chi connectivity index (χ0v) is 24.3. The Balaban J connectivity index is 0.946. The van der Waals surface area contributed by atoms with Crippen LogP contribution in [0.25, 0.3) is 21.3 Å². The van der Waals surface area contributed by atoms with E-state index in [1.54, 1.807) is 5.38 Å². The van der Waals surface area contributed by atoms with Gasteiger partial charge in [0, 0.05) is 57.9 Å². The van der Waals surface area contributed by atoms with E-state index in [0.717, 1.165) is 59.5 Å². The zero-order valence-electron chi connectivity index (χ0n) is 22.0. The maximum atomic E-state index is 11.4. The van der Waals surface area contributed by atoms with Crippen molar-refractivity contribution in [3.8, 4) is 11.3 Å². The molecule has 1 saturated heterocycles. The van der Waals surface area contributed by atoms with E-state index in [1.165, 1.54) is 42.7 Å². The molecule has 0 atom stereocenters. The second kappa shape index (κ2) is 10.4. The summed E-state index contributed by atoms with van der Waals surface area (Å²) in [5.74, 6) is 1.04. The third-order valence-electron chi connectivity index (χ3n) is 8.99. The van der Waals surface area contributed by atoms with Crippen LogP contribution in [-0.2, 0) is 11.3 Å². The molecule has 0 radical (unpaired) electrons. The van der Waals surface area contributed by atoms with Gasteiger partial charge in [-0.15, -0.1) is 11.3 Å². The molecule has 7 rings (SSSR count). The van der Waals surface area contributed by atoms with Crippen molar-refractivity contribution >= 4 is 56.3 Å². The Bertz CT molecular complexity index is 1560. The standard InChI is InChI=1S/C31H30Cl2N2O4S/c32-24-2-1-3-25(33)27(24)28-22(29(39-34-28)19-4-5-19)16-38-15-18-13-31(14-18)8-10-35(11-9-31)20-6-7-21-23(30(36)37)17-40-26(21)12-20/h1-3,6-7,12,17-19H,4-5,8-11,13-16H2,(H,36,37). The van der Waals surface area contributed by atoms with Crippen LogP contribution in [0.5, 0.6) is 0 Å². The number of hydrogen-bond donors (Lipinski definition) is 1. The Morgan fingerprint density at radius 1 is 1.15 bits per heavy atom. The van der Waals surface area contributed by atoms with Gasteiger partial charge in [0.25, 0.3) is 0 Å². The lowest BCUT2D eigenvalue weighted by Gasteiger charge is -2.52. The summed E-state index contributed by atoms with van der Waals surface area (Å²) < 4.78 is 13.1. The minimum Gasteiger partial charge on any atom is -0.478 e. The normalized spacial score (nSPS) is 18.9. The Hall–Kier alpha value is -2.58. The van der Waals surface area contributed by atoms with E-state index in [1.807, 2.05) is 24.3 Å². The molecule has 0 bridgehead atoms. The highest BCUT2D eigenvalue weighted by molar-refractivity contribution is 7.17. The predicted octanol–water partition coefficient (Wildman–Crippen LogP) is 8.65. The van der Waals surface area contributed by atoms with Crippen LogP contribution in [0.3, 0.4) is 0 Å². The fraction of sp³-hybridized carbons (Fsp3) is 0.419. The third-order valence-corrected chi connectivity index (χ3v) is 10.6. The number of nitrogens with zero attached hydrogens (tertiary/aromatic N) is 2. The maximum absolute atomic E-state index is 11.4. The van der Waals surface area contributed by atoms with Crippen LogP contribution >= 0.6 is 34.5 Å². The summed E-state index contributed by atoms with van der Waals surface area (Å²) in [6.07, 6.45) is 7.00. The molecule has 1 spiro atoms. The van der Waals surface area contributed by atoms with Crippen molar-refractivity contribution in [2.75, 3.05) is 24.6 Å². The lowest BCUT2D eigenvalue weighted by atomic mass is 9.58. The number of aromatic nitrogens is 1. The lowest BCUT2D eigenvalue weighted by molar-refractivity contribution is -0.0315. The highest BCUT2D eigenvalue weighted by atomic mass is 35.5. The van der Waals surface area contributed by atoms with E-state index in [-0.39, 0.29) is 0 Å². The number of carboxylic acids is 1. The van der Waals surface area contributed by atoms with Crippen molar-refractivity contribution in [2.24, 2.45) is 11.3 Å². The minimum absolute atomic E-state index is 0.392. The number of ether oxygens (including phenoxy) is 1. The Morgan fingerprint density at radius 2 is 1.90 bits per heavy atom. The van der Waals surface area contributed by atoms with Gasteiger partial charge in [0.05, 0.1) is 22.2 Å². The predicted molar refractivity (Wildman–Crippen MR) is 159 cm³/mol. The number of halogens is 2. The fourth-order valence-electron chi connectivity index (χ4n) is 6.69. The van der Waals surface area contributed by atoms with Crippen molar-refractivity contribution in [3.05, 3.63) is 68.7 Å². The average Bonchev–Trinajstić information content (AvgIpc) is 3.54. The molecule has 0 unspecified atom stereocenters. The van der Waals surface area contributed by atoms with Crippen LogP contribution in [0.15, 0.2) is 46.3 Å². The summed E-state index contributed by atoms with van der Waals surface area (Å²) in [6, 6.07) is 11.7. The molecular weight excluding hydrogens is 567 g/mol. The molecule has 40 heavy (non-hydrogen) atoms. The minimum atomic E-state index is -0.863. The Labute approximate surface area is 246 Å². The van der Waals surface area contributed by atoms with Gasteiger partial charge in [-0.3, -0.25) is 0 Å². The van der Waals surface area contributed by atoms with Crippen LogP contribution in [0.2, 0.25) is 10.0 Å². The van der Waals surface area contributed by atoms with Crippen LogP contribution in [0.1, 0.15) is 66.1 Å². The number of rotatable bonds is 8. The molecule has 9 heteroatoms. The van der Waals surface area contributed by atoms with Gasteiger partial charge in [0.1, 0.15) is 11.5 Å². The summed E-state index contributed by atoms with van der Waals surface area (Å²) in [4.78, 5) is 13.9. The number of anilines is 1. The molecule has 2 aliphatic carbocycles. The van der Waals surface area contributed by atoms with Crippen LogP contribution in [0.4, 0.5) is 5.69 Å². The average molecular weight is 598 g/mol. The van der Waals surface area contributed by atoms with E-state index in [0.29, 0.717) is 45.2 Å². The molecule has 3 heterocycles. The summed E-state index contributed by atoms with van der Waals surface area (Å²) in [7, 11) is 0. The first-order chi connectivity index (χ1) is 19.4. The largest absolute Gasteiger partial charge is 0.478 e. The van der Waals surface area contributed by atoms with E-state index in [9.17, 15) is 9.90 Å². The summed E-state index contributed by atoms with van der Waals surface area (Å²) >= 11 is 14.5. The van der Waals surface area contributed by atoms with Gasteiger partial charge in [-0.25, -0.2) is 4.79 Å². The third kappa shape index (κ3) is 4.81. The van der Waals surface area contributed by atoms with Gasteiger partial charge in [-0.1, -0.05) is 40.5 Å². The molecular formula is C31H30Cl2N2O4S. The monoisotopic (exact) mass is 596 g/mol. The smallest absolute Gasteiger partial charge is 0.337 e. The molecule has 6 nitrogen and oxygen atoms in total. The molecule has 2 aromatic heterocycles. The van der Waals surface area contributed by atoms with Gasteiger partial charge in [0.15, 0.2) is 0 Å². The van der Waals surface area contributed by atoms with Crippen LogP contribution in [0, 0.1) is 11.3 Å². The molecule has 4 aromatic rings. The number of hydrogen-bond acceptors (Lipinski definition) is 6. The molecule has 1 aliphatic heterocycles. The van der Waals surface area contributed by atoms with Crippen molar-refractivity contribution in [2.45, 2.75) is 51.0 Å². The molecule has 2 aromatic carbocycles. The highest BCUT2D eigenvalue weighted by Crippen LogP contribution is 2.53. The number of carbonyl (C=O) groups is 1. The first-order valence-electron chi connectivity index (χ1n) is 13.9. The SMILES string of the molecule is O=C(O)c1csc2cc(N3CCC4(CC3)CC(COCc3c(-c5c(Cl)cccc5Cl)noc3C3CC3)C4)ccc12. The zero-order chi connectivity index (χ0) is 27.4. The van der Waals surface area contributed by atoms with Crippen molar-refractivity contribution in [1.29, 1.82) is 0 Å². The lowest BCUT2D eigenvalue weighted by Crippen LogP contribution is -2.48. The molecule has 1 N–H and O–H groups in total. The number of carboxylic acid groups (broad SMARTS) is 1. The summed E-state index contributed by atoms with van der Waals surface area (Å²) in [5.41, 5.74) is 4.40. The first-order valence-corrected chi connectivity index (χ1v) is 15.5. The van der Waals surface area contributed by atoms with Gasteiger partial charge >= 0.3 is 5.97 Å². The molecule has 2 saturated carbocycles. The fourth-order valence-corrected chi connectivity index (χ4v) is 8.23. The summed E-state index contributed by atoms with van der Waals surface area (Å²) in [6.45, 7) is 3.25. The van der Waals surface area contributed by atoms with Gasteiger partial charge < -0.3 is 19.3 Å². The van der Waals surface area contributed by atoms with Crippen LogP contribution in [-0.4, -0.2) is 35.9 Å². The molecule has 208 valence electrons. The topological polar surface area (TPSA) is 75.8 Å². The van der Waals surface area contributed by atoms with E-state index in [4.69, 9.17) is 32.5 Å². The Kier molecular flexibility index (Phi) is 6.82. The second-order valence-corrected chi connectivity index (χ2v) is 13.4. The number of aromatic carboxylic acids is 1. The highest BCUT2D eigenvalue weighted by Gasteiger charge is 2.45. The number of benzene rings is 2. The van der Waals surface area contributed by atoms with Gasteiger partial charge in [0.2, 0.25) is 0 Å². The van der Waals surface area contributed by atoms with E-state index < -0.39 is 5.97 Å². The quantitative estimate of drug-likeness (QED) is 0.219. The van der Waals surface area contributed by atoms with Crippen molar-refractivity contribution in [3.63, 3.8) is 0 Å². The number of thiophene rings is 1. The van der Waals surface area contributed by atoms with Gasteiger partial charge in [-0.05, 0) is 74.1 Å². The van der Waals surface area contributed by atoms with Crippen LogP contribution < -0.4 is 4.90 Å². The molecule has 0 amide bonds. The number of piperidine rings is 1.